The van der Waals surface area contributed by atoms with E-state index < -0.39 is 95.8 Å². The van der Waals surface area contributed by atoms with Crippen molar-refractivity contribution in [2.75, 3.05) is 55.5 Å². The number of hydrogen-bond donors (Lipinski definition) is 3. The highest BCUT2D eigenvalue weighted by Gasteiger charge is 2.54. The Labute approximate surface area is 423 Å². The minimum Gasteiger partial charge on any atom is -0.459 e. The molecule has 0 aromatic heterocycles. The largest absolute Gasteiger partial charge is 0.508 e. The van der Waals surface area contributed by atoms with Gasteiger partial charge in [0.2, 0.25) is 0 Å². The maximum absolute atomic E-state index is 14.7. The van der Waals surface area contributed by atoms with Crippen LogP contribution in [0.4, 0.5) is 4.79 Å². The van der Waals surface area contributed by atoms with Gasteiger partial charge in [0.1, 0.15) is 18.3 Å². The van der Waals surface area contributed by atoms with Gasteiger partial charge in [-0.1, -0.05) is 69.3 Å². The lowest BCUT2D eigenvalue weighted by atomic mass is 9.78. The van der Waals surface area contributed by atoms with Crippen LogP contribution >= 0.6 is 0 Å². The van der Waals surface area contributed by atoms with E-state index >= 15 is 0 Å². The molecule has 16 heteroatoms. The quantitative estimate of drug-likeness (QED) is 0.209. The monoisotopic (exact) mass is 998 g/mol. The Kier molecular flexibility index (Phi) is 18.6. The number of methoxy groups -OCH3 is 1. The topological polar surface area (TPSA) is 178 Å². The molecule has 3 aliphatic heterocycles. The van der Waals surface area contributed by atoms with Crippen LogP contribution in [-0.2, 0) is 42.7 Å². The van der Waals surface area contributed by atoms with Gasteiger partial charge < -0.3 is 67.9 Å². The van der Waals surface area contributed by atoms with Gasteiger partial charge in [-0.25, -0.2) is 4.79 Å². The fourth-order valence-electron chi connectivity index (χ4n) is 12.5. The zero-order valence-electron chi connectivity index (χ0n) is 45.4. The van der Waals surface area contributed by atoms with Crippen LogP contribution in [-0.4, -0.2) is 188 Å². The van der Waals surface area contributed by atoms with Crippen molar-refractivity contribution in [1.29, 1.82) is 0 Å². The standard InChI is InChI=1S/C55H87N3O13/c1-17-43-55(10,63)48(59)31(2)29-58(15)32(3)27-53(8,62)49(34(5)45(35(6)50(60)68-43)69-44-28-54(9,64-16)47(57(13)14)36(7)67-44)71-51-46(42(56(11)12)26-33(4)66-51)70-52(61)65-30-41-39-24-20-18-22-37(39)38-23-19-21-25-40(38)41/h18-25,31-36,41-49,51,59,62-63H,17,26-30H2,1-16H3/t31-,32+,33+,34-,35+,36-,42-,43+,44-,45-,46+,47+,48+,49+,51-,53+,54+,55+/m0/s1. The molecule has 0 unspecified atom stereocenters. The summed E-state index contributed by atoms with van der Waals surface area (Å²) in [6, 6.07) is 15.4. The lowest BCUT2D eigenvalue weighted by molar-refractivity contribution is -0.314. The van der Waals surface area contributed by atoms with E-state index in [1.165, 1.54) is 6.92 Å². The maximum atomic E-state index is 14.7. The van der Waals surface area contributed by atoms with Crippen LogP contribution in [0.25, 0.3) is 11.1 Å². The molecule has 16 nitrogen and oxygen atoms in total. The summed E-state index contributed by atoms with van der Waals surface area (Å²) < 4.78 is 52.2. The second kappa shape index (κ2) is 23.1. The molecule has 18 atom stereocenters. The highest BCUT2D eigenvalue weighted by Crippen LogP contribution is 2.45. The average molecular weight is 998 g/mol. The van der Waals surface area contributed by atoms with Gasteiger partial charge in [-0.2, -0.15) is 0 Å². The summed E-state index contributed by atoms with van der Waals surface area (Å²) in [6.07, 6.45) is -8.10. The molecule has 2 aromatic carbocycles. The minimum atomic E-state index is -1.81. The van der Waals surface area contributed by atoms with E-state index in [1.807, 2.05) is 111 Å². The molecule has 0 saturated carbocycles. The fourth-order valence-corrected chi connectivity index (χ4v) is 12.5. The van der Waals surface area contributed by atoms with Crippen LogP contribution in [0, 0.1) is 17.8 Å². The summed E-state index contributed by atoms with van der Waals surface area (Å²) in [4.78, 5) is 34.9. The molecule has 3 saturated heterocycles. The van der Waals surface area contributed by atoms with Gasteiger partial charge in [-0.15, -0.1) is 0 Å². The molecule has 0 bridgehead atoms. The SMILES string of the molecule is CC[C@H]1OC(=O)[C@H](C)[C@@H](O[C@H]2C[C@@](C)(OC)[C@H](N(C)C)[C@H](C)O2)[C@H](C)[C@@H](O[C@@H]2O[C@H](C)C[C@H](N(C)C)[C@H]2OC(=O)OCC2c3ccccc3-c3ccccc32)[C@](C)(O)C[C@@H](C)N(C)C[C@H](C)[C@@H](O)[C@]1(C)O. The van der Waals surface area contributed by atoms with Crippen molar-refractivity contribution in [3.8, 4) is 11.1 Å². The number of cyclic esters (lactones) is 1. The van der Waals surface area contributed by atoms with Gasteiger partial charge >= 0.3 is 12.1 Å². The molecule has 400 valence electrons. The fraction of sp³-hybridized carbons (Fsp3) is 0.745. The molecule has 2 aromatic rings. The Morgan fingerprint density at radius 1 is 0.859 bits per heavy atom. The molecule has 3 fully saturated rings. The lowest BCUT2D eigenvalue weighted by Gasteiger charge is -2.51. The maximum Gasteiger partial charge on any atom is 0.508 e. The van der Waals surface area contributed by atoms with E-state index in [-0.39, 0.29) is 49.7 Å². The Hall–Kier alpha value is -3.26. The first-order chi connectivity index (χ1) is 33.3. The Balaban J connectivity index is 1.39. The second-order valence-corrected chi connectivity index (χ2v) is 22.5. The van der Waals surface area contributed by atoms with Crippen molar-refractivity contribution in [2.24, 2.45) is 17.8 Å². The molecular formula is C55H87N3O13. The van der Waals surface area contributed by atoms with Crippen molar-refractivity contribution in [3.05, 3.63) is 59.7 Å². The van der Waals surface area contributed by atoms with Crippen molar-refractivity contribution in [3.63, 3.8) is 0 Å². The normalized spacial score (nSPS) is 40.1. The molecule has 4 aliphatic rings. The van der Waals surface area contributed by atoms with Crippen molar-refractivity contribution < 1.29 is 62.8 Å². The third-order valence-electron chi connectivity index (χ3n) is 16.4. The summed E-state index contributed by atoms with van der Waals surface area (Å²) >= 11 is 0. The van der Waals surface area contributed by atoms with E-state index in [9.17, 15) is 24.9 Å². The van der Waals surface area contributed by atoms with Gasteiger partial charge in [-0.3, -0.25) is 4.79 Å². The molecule has 1 aliphatic carbocycles. The summed E-state index contributed by atoms with van der Waals surface area (Å²) in [7, 11) is 11.3. The summed E-state index contributed by atoms with van der Waals surface area (Å²) in [6.45, 7) is 18.7. The first-order valence-electron chi connectivity index (χ1n) is 25.8. The predicted molar refractivity (Wildman–Crippen MR) is 270 cm³/mol. The van der Waals surface area contributed by atoms with Crippen molar-refractivity contribution in [2.45, 2.75) is 191 Å². The summed E-state index contributed by atoms with van der Waals surface area (Å²) in [5.41, 5.74) is 0.139. The number of esters is 1. The summed E-state index contributed by atoms with van der Waals surface area (Å²) in [5, 5.41) is 36.8. The van der Waals surface area contributed by atoms with Crippen LogP contribution in [0.15, 0.2) is 48.5 Å². The Morgan fingerprint density at radius 2 is 1.46 bits per heavy atom. The lowest BCUT2D eigenvalue weighted by Crippen LogP contribution is -2.63. The molecule has 0 amide bonds. The number of carbonyl (C=O) groups excluding carboxylic acids is 2. The number of nitrogens with zero attached hydrogens (tertiary/aromatic N) is 3. The number of fused-ring (bicyclic) bond motifs is 3. The van der Waals surface area contributed by atoms with Gasteiger partial charge in [0.05, 0.1) is 59.7 Å². The van der Waals surface area contributed by atoms with Crippen LogP contribution in [0.2, 0.25) is 0 Å². The van der Waals surface area contributed by atoms with E-state index in [0.717, 1.165) is 22.3 Å². The first kappa shape index (κ1) is 57.0. The Morgan fingerprint density at radius 3 is 2.03 bits per heavy atom. The first-order valence-corrected chi connectivity index (χ1v) is 25.8. The van der Waals surface area contributed by atoms with Gasteiger partial charge in [0, 0.05) is 38.0 Å². The van der Waals surface area contributed by atoms with E-state index in [2.05, 4.69) is 29.2 Å². The molecule has 3 N–H and O–H groups in total. The number of likely N-dealkylation sites (N-methyl/N-ethyl adjacent to an activating group) is 2. The smallest absolute Gasteiger partial charge is 0.459 e. The third-order valence-corrected chi connectivity index (χ3v) is 16.4. The Bertz CT molecular complexity index is 2040. The predicted octanol–water partition coefficient (Wildman–Crippen LogP) is 6.44. The molecule has 0 spiro atoms. The second-order valence-electron chi connectivity index (χ2n) is 22.5. The van der Waals surface area contributed by atoms with E-state index in [0.29, 0.717) is 19.4 Å². The van der Waals surface area contributed by atoms with Crippen LogP contribution < -0.4 is 0 Å². The highest BCUT2D eigenvalue weighted by atomic mass is 16.8. The average Bonchev–Trinajstić information content (AvgIpc) is 3.62. The highest BCUT2D eigenvalue weighted by molar-refractivity contribution is 5.79. The van der Waals surface area contributed by atoms with Gasteiger partial charge in [-0.05, 0) is 131 Å². The number of aliphatic hydroxyl groups excluding tert-OH is 1. The minimum absolute atomic E-state index is 0.0466. The van der Waals surface area contributed by atoms with Crippen LogP contribution in [0.5, 0.6) is 0 Å². The molecule has 3 heterocycles. The van der Waals surface area contributed by atoms with Crippen molar-refractivity contribution >= 4 is 12.1 Å². The number of rotatable bonds is 11. The summed E-state index contributed by atoms with van der Waals surface area (Å²) in [5.74, 6) is -3.19. The van der Waals surface area contributed by atoms with Gasteiger partial charge in [0.15, 0.2) is 18.7 Å². The number of aliphatic hydroxyl groups is 3. The zero-order chi connectivity index (χ0) is 52.5. The molecular weight excluding hydrogens is 911 g/mol. The van der Waals surface area contributed by atoms with Crippen molar-refractivity contribution in [1.82, 2.24) is 14.7 Å². The molecule has 71 heavy (non-hydrogen) atoms. The number of hydrogen-bond acceptors (Lipinski definition) is 16. The van der Waals surface area contributed by atoms with Crippen LogP contribution in [0.3, 0.4) is 0 Å². The van der Waals surface area contributed by atoms with E-state index in [1.54, 1.807) is 27.9 Å². The zero-order valence-corrected chi connectivity index (χ0v) is 45.4. The molecule has 0 radical (unpaired) electrons. The number of ether oxygens (including phenoxy) is 8. The van der Waals surface area contributed by atoms with E-state index in [4.69, 9.17) is 37.9 Å². The van der Waals surface area contributed by atoms with Crippen LogP contribution in [0.1, 0.15) is 112 Å². The third kappa shape index (κ3) is 12.3. The van der Waals surface area contributed by atoms with Gasteiger partial charge in [0.25, 0.3) is 0 Å². The number of benzene rings is 2. The number of carbonyl (C=O) groups is 2. The molecule has 6 rings (SSSR count).